The summed E-state index contributed by atoms with van der Waals surface area (Å²) in [5.41, 5.74) is 1.73. The van der Waals surface area contributed by atoms with Gasteiger partial charge in [0.05, 0.1) is 12.6 Å². The number of carbonyl (C=O) groups is 1. The van der Waals surface area contributed by atoms with Crippen LogP contribution in [0.2, 0.25) is 0 Å². The van der Waals surface area contributed by atoms with Gasteiger partial charge in [-0.15, -0.1) is 10.2 Å². The van der Waals surface area contributed by atoms with E-state index in [4.69, 9.17) is 0 Å². The Kier molecular flexibility index (Phi) is 5.68. The van der Waals surface area contributed by atoms with Gasteiger partial charge in [-0.25, -0.2) is 9.97 Å². The van der Waals surface area contributed by atoms with E-state index in [-0.39, 0.29) is 11.9 Å². The van der Waals surface area contributed by atoms with Crippen LogP contribution in [-0.2, 0) is 11.3 Å². The van der Waals surface area contributed by atoms with Crippen LogP contribution in [0, 0.1) is 6.92 Å². The number of anilines is 1. The first-order valence-electron chi connectivity index (χ1n) is 9.40. The number of carbonyl (C=O) groups excluding carboxylic acids is 1. The average Bonchev–Trinajstić information content (AvgIpc) is 3.16. The first-order chi connectivity index (χ1) is 13.7. The molecular formula is C20H22N6OS. The molecule has 1 aromatic carbocycles. The van der Waals surface area contributed by atoms with Crippen molar-refractivity contribution in [3.63, 3.8) is 0 Å². The third kappa shape index (κ3) is 4.40. The summed E-state index contributed by atoms with van der Waals surface area (Å²) in [6.07, 6.45) is 6.45. The second kappa shape index (κ2) is 8.53. The SMILES string of the molecule is Cc1nnc(-c2cccc(NC(=O)C3CCCCN3Cc3ncccn3)c2)s1. The number of rotatable bonds is 5. The second-order valence-corrected chi connectivity index (χ2v) is 8.03. The van der Waals surface area contributed by atoms with Gasteiger partial charge in [-0.3, -0.25) is 9.69 Å². The predicted octanol–water partition coefficient (Wildman–Crippen LogP) is 3.30. The van der Waals surface area contributed by atoms with Crippen molar-refractivity contribution in [2.24, 2.45) is 0 Å². The molecule has 1 amide bonds. The Morgan fingerprint density at radius 3 is 2.86 bits per heavy atom. The Labute approximate surface area is 167 Å². The van der Waals surface area contributed by atoms with Gasteiger partial charge in [0.2, 0.25) is 5.91 Å². The number of aryl methyl sites for hydroxylation is 1. The lowest BCUT2D eigenvalue weighted by Gasteiger charge is -2.34. The van der Waals surface area contributed by atoms with Crippen LogP contribution in [0.15, 0.2) is 42.7 Å². The molecule has 0 radical (unpaired) electrons. The van der Waals surface area contributed by atoms with E-state index in [1.807, 2.05) is 31.2 Å². The lowest BCUT2D eigenvalue weighted by atomic mass is 10.0. The van der Waals surface area contributed by atoms with Crippen LogP contribution in [0.4, 0.5) is 5.69 Å². The van der Waals surface area contributed by atoms with E-state index >= 15 is 0 Å². The molecule has 4 rings (SSSR count). The lowest BCUT2D eigenvalue weighted by Crippen LogP contribution is -2.46. The summed E-state index contributed by atoms with van der Waals surface area (Å²) in [5, 5.41) is 13.1. The molecule has 28 heavy (non-hydrogen) atoms. The monoisotopic (exact) mass is 394 g/mol. The van der Waals surface area contributed by atoms with E-state index in [0.717, 1.165) is 52.9 Å². The molecule has 1 fully saturated rings. The Morgan fingerprint density at radius 2 is 2.07 bits per heavy atom. The number of piperidine rings is 1. The van der Waals surface area contributed by atoms with Gasteiger partial charge in [0, 0.05) is 23.6 Å². The molecule has 1 saturated heterocycles. The molecular weight excluding hydrogens is 372 g/mol. The van der Waals surface area contributed by atoms with Gasteiger partial charge in [0.15, 0.2) is 0 Å². The number of hydrogen-bond acceptors (Lipinski definition) is 7. The highest BCUT2D eigenvalue weighted by molar-refractivity contribution is 7.14. The van der Waals surface area contributed by atoms with Crippen molar-refractivity contribution in [2.75, 3.05) is 11.9 Å². The van der Waals surface area contributed by atoms with Crippen LogP contribution in [0.25, 0.3) is 10.6 Å². The molecule has 0 bridgehead atoms. The molecule has 2 aromatic heterocycles. The highest BCUT2D eigenvalue weighted by Crippen LogP contribution is 2.26. The van der Waals surface area contributed by atoms with Gasteiger partial charge in [-0.05, 0) is 44.5 Å². The van der Waals surface area contributed by atoms with Crippen LogP contribution >= 0.6 is 11.3 Å². The molecule has 3 heterocycles. The van der Waals surface area contributed by atoms with E-state index in [2.05, 4.69) is 30.4 Å². The number of nitrogens with zero attached hydrogens (tertiary/aromatic N) is 5. The first kappa shape index (κ1) is 18.6. The predicted molar refractivity (Wildman–Crippen MR) is 109 cm³/mol. The van der Waals surface area contributed by atoms with Crippen molar-refractivity contribution in [2.45, 2.75) is 38.8 Å². The van der Waals surface area contributed by atoms with Gasteiger partial charge < -0.3 is 5.32 Å². The standard InChI is InChI=1S/C20H22N6OS/c1-14-24-25-20(28-14)15-6-4-7-16(12-15)23-19(27)17-8-2-3-11-26(17)13-18-21-9-5-10-22-18/h4-7,9-10,12,17H,2-3,8,11,13H2,1H3,(H,23,27). The van der Waals surface area contributed by atoms with E-state index in [1.54, 1.807) is 29.8 Å². The number of benzene rings is 1. The third-order valence-corrected chi connectivity index (χ3v) is 5.67. The molecule has 1 atom stereocenters. The Morgan fingerprint density at radius 1 is 1.21 bits per heavy atom. The largest absolute Gasteiger partial charge is 0.325 e. The number of likely N-dealkylation sites (tertiary alicyclic amines) is 1. The van der Waals surface area contributed by atoms with Crippen LogP contribution < -0.4 is 5.32 Å². The normalized spacial score (nSPS) is 17.4. The molecule has 3 aromatic rings. The molecule has 0 spiro atoms. The van der Waals surface area contributed by atoms with Crippen molar-refractivity contribution in [3.05, 3.63) is 53.6 Å². The van der Waals surface area contributed by atoms with Crippen LogP contribution in [0.5, 0.6) is 0 Å². The molecule has 8 heteroatoms. The maximum absolute atomic E-state index is 13.0. The van der Waals surface area contributed by atoms with Gasteiger partial charge >= 0.3 is 0 Å². The van der Waals surface area contributed by atoms with E-state index < -0.39 is 0 Å². The van der Waals surface area contributed by atoms with Crippen molar-refractivity contribution in [1.82, 2.24) is 25.1 Å². The van der Waals surface area contributed by atoms with Gasteiger partial charge in [0.1, 0.15) is 15.8 Å². The zero-order valence-electron chi connectivity index (χ0n) is 15.7. The van der Waals surface area contributed by atoms with Crippen LogP contribution in [0.3, 0.4) is 0 Å². The minimum atomic E-state index is -0.176. The van der Waals surface area contributed by atoms with E-state index in [1.165, 1.54) is 0 Å². The van der Waals surface area contributed by atoms with Crippen molar-refractivity contribution in [1.29, 1.82) is 0 Å². The summed E-state index contributed by atoms with van der Waals surface area (Å²) < 4.78 is 0. The molecule has 1 unspecified atom stereocenters. The minimum absolute atomic E-state index is 0.0150. The highest BCUT2D eigenvalue weighted by Gasteiger charge is 2.29. The molecule has 144 valence electrons. The highest BCUT2D eigenvalue weighted by atomic mass is 32.1. The molecule has 1 N–H and O–H groups in total. The zero-order chi connectivity index (χ0) is 19.3. The van der Waals surface area contributed by atoms with Gasteiger partial charge in [-0.2, -0.15) is 0 Å². The smallest absolute Gasteiger partial charge is 0.241 e. The maximum atomic E-state index is 13.0. The lowest BCUT2D eigenvalue weighted by molar-refractivity contribution is -0.122. The summed E-state index contributed by atoms with van der Waals surface area (Å²) in [4.78, 5) is 23.8. The van der Waals surface area contributed by atoms with E-state index in [9.17, 15) is 4.79 Å². The van der Waals surface area contributed by atoms with Gasteiger partial charge in [0.25, 0.3) is 0 Å². The summed E-state index contributed by atoms with van der Waals surface area (Å²) in [6.45, 7) is 3.39. The summed E-state index contributed by atoms with van der Waals surface area (Å²) in [7, 11) is 0. The fraction of sp³-hybridized carbons (Fsp3) is 0.350. The summed E-state index contributed by atoms with van der Waals surface area (Å²) >= 11 is 1.54. The van der Waals surface area contributed by atoms with Crippen molar-refractivity contribution in [3.8, 4) is 10.6 Å². The average molecular weight is 395 g/mol. The molecule has 0 aliphatic carbocycles. The second-order valence-electron chi connectivity index (χ2n) is 6.84. The zero-order valence-corrected chi connectivity index (χ0v) is 16.5. The number of amides is 1. The van der Waals surface area contributed by atoms with Crippen molar-refractivity contribution < 1.29 is 4.79 Å². The summed E-state index contributed by atoms with van der Waals surface area (Å²) in [5.74, 6) is 0.761. The fourth-order valence-electron chi connectivity index (χ4n) is 3.44. The third-order valence-electron chi connectivity index (χ3n) is 4.78. The van der Waals surface area contributed by atoms with Gasteiger partial charge in [-0.1, -0.05) is 29.9 Å². The number of aromatic nitrogens is 4. The Bertz CT molecular complexity index is 945. The van der Waals surface area contributed by atoms with Crippen LogP contribution in [-0.4, -0.2) is 43.6 Å². The molecule has 0 saturated carbocycles. The quantitative estimate of drug-likeness (QED) is 0.715. The van der Waals surface area contributed by atoms with Crippen molar-refractivity contribution >= 4 is 22.9 Å². The Balaban J connectivity index is 1.47. The topological polar surface area (TPSA) is 83.9 Å². The molecule has 1 aliphatic heterocycles. The summed E-state index contributed by atoms with van der Waals surface area (Å²) in [6, 6.07) is 9.39. The van der Waals surface area contributed by atoms with Crippen LogP contribution in [0.1, 0.15) is 30.1 Å². The van der Waals surface area contributed by atoms with E-state index in [0.29, 0.717) is 6.54 Å². The molecule has 7 nitrogen and oxygen atoms in total. The fourth-order valence-corrected chi connectivity index (χ4v) is 4.13. The Hall–Kier alpha value is -2.71. The maximum Gasteiger partial charge on any atom is 0.241 e. The number of nitrogens with one attached hydrogen (secondary N) is 1. The molecule has 1 aliphatic rings. The number of hydrogen-bond donors (Lipinski definition) is 1. The first-order valence-corrected chi connectivity index (χ1v) is 10.2. The minimum Gasteiger partial charge on any atom is -0.325 e.